The molecule has 0 bridgehead atoms. The number of hydrogen-bond donors (Lipinski definition) is 2. The van der Waals surface area contributed by atoms with Crippen molar-refractivity contribution in [2.24, 2.45) is 0 Å². The van der Waals surface area contributed by atoms with Crippen LogP contribution in [0, 0.1) is 0 Å². The summed E-state index contributed by atoms with van der Waals surface area (Å²) >= 11 is 4.70. The van der Waals surface area contributed by atoms with E-state index >= 15 is 0 Å². The number of likely N-dealkylation sites (N-methyl/N-ethyl adjacent to an activating group) is 1. The van der Waals surface area contributed by atoms with Gasteiger partial charge in [-0.25, -0.2) is 0 Å². The molecule has 2 heterocycles. The maximum atomic E-state index is 12.1. The van der Waals surface area contributed by atoms with E-state index in [1.54, 1.807) is 13.1 Å². The monoisotopic (exact) mass is 395 g/mol. The van der Waals surface area contributed by atoms with Gasteiger partial charge in [0.15, 0.2) is 0 Å². The normalized spacial score (nSPS) is 17.7. The van der Waals surface area contributed by atoms with Gasteiger partial charge in [-0.3, -0.25) is 9.59 Å². The van der Waals surface area contributed by atoms with E-state index in [1.807, 2.05) is 6.07 Å². The predicted octanol–water partition coefficient (Wildman–Crippen LogP) is 1.87. The molecule has 0 saturated carbocycles. The summed E-state index contributed by atoms with van der Waals surface area (Å²) in [5.74, 6) is -0.234. The fourth-order valence-corrected chi connectivity index (χ4v) is 3.53. The lowest BCUT2D eigenvalue weighted by molar-refractivity contribution is -0.122. The lowest BCUT2D eigenvalue weighted by Crippen LogP contribution is -2.48. The molecule has 2 N–H and O–H groups in total. The molecular weight excluding hydrogens is 378 g/mol. The number of carbonyl (C=O) groups is 2. The van der Waals surface area contributed by atoms with Gasteiger partial charge >= 0.3 is 0 Å². The minimum Gasteiger partial charge on any atom is -0.351 e. The van der Waals surface area contributed by atoms with Crippen LogP contribution in [-0.2, 0) is 4.79 Å². The third-order valence-electron chi connectivity index (χ3n) is 3.17. The summed E-state index contributed by atoms with van der Waals surface area (Å²) in [7, 11) is 1.65. The summed E-state index contributed by atoms with van der Waals surface area (Å²) in [6, 6.07) is 3.77. The Hall–Kier alpha value is -0.630. The standard InChI is InChI=1S/C13H18BrN3O2S.ClH/c1-17(13(19)10-4-5-11(14)20-10)8-12(18)16-9-3-2-6-15-7-9;/h4-5,9,15H,2-3,6-8H2,1H3,(H,16,18);1H. The van der Waals surface area contributed by atoms with Crippen LogP contribution in [0.1, 0.15) is 22.5 Å². The zero-order valence-corrected chi connectivity index (χ0v) is 14.9. The number of nitrogens with one attached hydrogen (secondary N) is 2. The van der Waals surface area contributed by atoms with E-state index in [2.05, 4.69) is 26.6 Å². The number of thiophene rings is 1. The number of piperidine rings is 1. The first-order chi connectivity index (χ1) is 9.56. The Bertz CT molecular complexity index is 492. The van der Waals surface area contributed by atoms with Gasteiger partial charge in [-0.05, 0) is 47.4 Å². The van der Waals surface area contributed by atoms with Gasteiger partial charge in [-0.1, -0.05) is 0 Å². The molecule has 1 atom stereocenters. The number of carbonyl (C=O) groups excluding carboxylic acids is 2. The van der Waals surface area contributed by atoms with Gasteiger partial charge in [0, 0.05) is 19.6 Å². The van der Waals surface area contributed by atoms with Crippen molar-refractivity contribution >= 4 is 51.5 Å². The Kier molecular flexibility index (Phi) is 7.65. The van der Waals surface area contributed by atoms with Crippen LogP contribution in [0.3, 0.4) is 0 Å². The first kappa shape index (κ1) is 18.4. The van der Waals surface area contributed by atoms with Crippen molar-refractivity contribution in [3.8, 4) is 0 Å². The van der Waals surface area contributed by atoms with Crippen LogP contribution in [-0.4, -0.2) is 49.4 Å². The molecule has 1 aliphatic heterocycles. The maximum absolute atomic E-state index is 12.1. The lowest BCUT2D eigenvalue weighted by atomic mass is 10.1. The molecule has 1 fully saturated rings. The molecule has 0 aromatic carbocycles. The first-order valence-corrected chi connectivity index (χ1v) is 8.18. The molecule has 118 valence electrons. The zero-order chi connectivity index (χ0) is 14.5. The topological polar surface area (TPSA) is 61.4 Å². The molecule has 1 aromatic heterocycles. The summed E-state index contributed by atoms with van der Waals surface area (Å²) in [5, 5.41) is 6.21. The molecule has 1 unspecified atom stereocenters. The highest BCUT2D eigenvalue weighted by Crippen LogP contribution is 2.22. The van der Waals surface area contributed by atoms with Gasteiger partial charge in [-0.15, -0.1) is 23.7 Å². The molecular formula is C13H19BrClN3O2S. The Morgan fingerprint density at radius 2 is 2.29 bits per heavy atom. The summed E-state index contributed by atoms with van der Waals surface area (Å²) in [5.41, 5.74) is 0. The van der Waals surface area contributed by atoms with Gasteiger partial charge < -0.3 is 15.5 Å². The average molecular weight is 397 g/mol. The summed E-state index contributed by atoms with van der Waals surface area (Å²) in [6.07, 6.45) is 2.07. The van der Waals surface area contributed by atoms with Gasteiger partial charge in [0.05, 0.1) is 15.2 Å². The molecule has 5 nitrogen and oxygen atoms in total. The Morgan fingerprint density at radius 3 is 2.86 bits per heavy atom. The minimum atomic E-state index is -0.127. The molecule has 8 heteroatoms. The van der Waals surface area contributed by atoms with E-state index in [4.69, 9.17) is 0 Å². The van der Waals surface area contributed by atoms with E-state index in [0.717, 1.165) is 29.7 Å². The highest BCUT2D eigenvalue weighted by atomic mass is 79.9. The highest BCUT2D eigenvalue weighted by molar-refractivity contribution is 9.11. The largest absolute Gasteiger partial charge is 0.351 e. The van der Waals surface area contributed by atoms with Gasteiger partial charge in [0.2, 0.25) is 5.91 Å². The third kappa shape index (κ3) is 5.58. The zero-order valence-electron chi connectivity index (χ0n) is 11.7. The second-order valence-electron chi connectivity index (χ2n) is 4.88. The van der Waals surface area contributed by atoms with E-state index in [9.17, 15) is 9.59 Å². The molecule has 21 heavy (non-hydrogen) atoms. The fourth-order valence-electron chi connectivity index (χ4n) is 2.15. The van der Waals surface area contributed by atoms with Gasteiger partial charge in [0.1, 0.15) is 0 Å². The van der Waals surface area contributed by atoms with E-state index in [1.165, 1.54) is 16.2 Å². The van der Waals surface area contributed by atoms with Crippen LogP contribution in [0.5, 0.6) is 0 Å². The molecule has 0 radical (unpaired) electrons. The van der Waals surface area contributed by atoms with Crippen molar-refractivity contribution in [2.75, 3.05) is 26.7 Å². The predicted molar refractivity (Wildman–Crippen MR) is 90.3 cm³/mol. The number of halogens is 2. The summed E-state index contributed by atoms with van der Waals surface area (Å²) in [4.78, 5) is 26.1. The van der Waals surface area contributed by atoms with Crippen molar-refractivity contribution in [1.29, 1.82) is 0 Å². The molecule has 1 saturated heterocycles. The van der Waals surface area contributed by atoms with Crippen molar-refractivity contribution in [3.05, 3.63) is 20.8 Å². The summed E-state index contributed by atoms with van der Waals surface area (Å²) < 4.78 is 0.909. The fraction of sp³-hybridized carbons (Fsp3) is 0.538. The van der Waals surface area contributed by atoms with Crippen molar-refractivity contribution in [3.63, 3.8) is 0 Å². The quantitative estimate of drug-likeness (QED) is 0.817. The number of nitrogens with zero attached hydrogens (tertiary/aromatic N) is 1. The van der Waals surface area contributed by atoms with E-state index in [0.29, 0.717) is 4.88 Å². The molecule has 1 aromatic rings. The van der Waals surface area contributed by atoms with Crippen molar-refractivity contribution < 1.29 is 9.59 Å². The van der Waals surface area contributed by atoms with Crippen LogP contribution in [0.2, 0.25) is 0 Å². The highest BCUT2D eigenvalue weighted by Gasteiger charge is 2.19. The van der Waals surface area contributed by atoms with Crippen LogP contribution >= 0.6 is 39.7 Å². The smallest absolute Gasteiger partial charge is 0.264 e. The minimum absolute atomic E-state index is 0. The van der Waals surface area contributed by atoms with E-state index < -0.39 is 0 Å². The second-order valence-corrected chi connectivity index (χ2v) is 7.34. The Balaban J connectivity index is 0.00000220. The van der Waals surface area contributed by atoms with Gasteiger partial charge in [0.25, 0.3) is 5.91 Å². The van der Waals surface area contributed by atoms with Gasteiger partial charge in [-0.2, -0.15) is 0 Å². The first-order valence-electron chi connectivity index (χ1n) is 6.57. The van der Waals surface area contributed by atoms with E-state index in [-0.39, 0.29) is 36.8 Å². The molecule has 2 rings (SSSR count). The van der Waals surface area contributed by atoms with Crippen molar-refractivity contribution in [1.82, 2.24) is 15.5 Å². The van der Waals surface area contributed by atoms with Crippen LogP contribution in [0.15, 0.2) is 15.9 Å². The van der Waals surface area contributed by atoms with Crippen molar-refractivity contribution in [2.45, 2.75) is 18.9 Å². The van der Waals surface area contributed by atoms with Crippen LogP contribution in [0.4, 0.5) is 0 Å². The molecule has 2 amide bonds. The maximum Gasteiger partial charge on any atom is 0.264 e. The number of hydrogen-bond acceptors (Lipinski definition) is 4. The van der Waals surface area contributed by atoms with Crippen LogP contribution < -0.4 is 10.6 Å². The Morgan fingerprint density at radius 1 is 1.52 bits per heavy atom. The SMILES string of the molecule is CN(CC(=O)NC1CCCNC1)C(=O)c1ccc(Br)s1.Cl. The lowest BCUT2D eigenvalue weighted by Gasteiger charge is -2.25. The molecule has 0 aliphatic carbocycles. The average Bonchev–Trinajstić information content (AvgIpc) is 2.85. The molecule has 1 aliphatic rings. The molecule has 0 spiro atoms. The number of amides is 2. The third-order valence-corrected chi connectivity index (χ3v) is 4.79. The van der Waals surface area contributed by atoms with Crippen LogP contribution in [0.25, 0.3) is 0 Å². The summed E-state index contributed by atoms with van der Waals surface area (Å²) in [6.45, 7) is 1.91. The Labute approximate surface area is 143 Å². The second kappa shape index (κ2) is 8.73. The number of rotatable bonds is 4.